The minimum atomic E-state index is -0.786. The van der Waals surface area contributed by atoms with Gasteiger partial charge >= 0.3 is 6.03 Å². The summed E-state index contributed by atoms with van der Waals surface area (Å²) in [4.78, 5) is 41.1. The third kappa shape index (κ3) is 2.85. The van der Waals surface area contributed by atoms with E-state index in [1.54, 1.807) is 11.9 Å². The molecule has 3 amide bonds. The van der Waals surface area contributed by atoms with Crippen molar-refractivity contribution in [2.24, 2.45) is 11.8 Å². The van der Waals surface area contributed by atoms with Gasteiger partial charge in [0.2, 0.25) is 0 Å². The predicted molar refractivity (Wildman–Crippen MR) is 90.5 cm³/mol. The van der Waals surface area contributed by atoms with Crippen LogP contribution in [0.1, 0.15) is 51.9 Å². The van der Waals surface area contributed by atoms with Crippen LogP contribution in [0.25, 0.3) is 0 Å². The molecule has 2 heterocycles. The first-order chi connectivity index (χ1) is 11.5. The lowest BCUT2D eigenvalue weighted by Gasteiger charge is -2.38. The fraction of sp³-hybridized carbons (Fsp3) is 0.833. The molecule has 2 saturated heterocycles. The monoisotopic (exact) mass is 335 g/mol. The van der Waals surface area contributed by atoms with Crippen molar-refractivity contribution in [3.8, 4) is 0 Å². The Kier molecular flexibility index (Phi) is 4.95. The number of Topliss-reactive ketones (excluding diaryl/α,β-unsaturated/α-hetero) is 1. The molecule has 6 heteroatoms. The van der Waals surface area contributed by atoms with Gasteiger partial charge in [0.15, 0.2) is 5.78 Å². The van der Waals surface area contributed by atoms with Crippen LogP contribution in [0.4, 0.5) is 4.79 Å². The Morgan fingerprint density at radius 1 is 1.12 bits per heavy atom. The van der Waals surface area contributed by atoms with E-state index >= 15 is 0 Å². The number of rotatable bonds is 4. The number of amides is 3. The Labute approximate surface area is 143 Å². The summed E-state index contributed by atoms with van der Waals surface area (Å²) < 4.78 is 0. The number of piperidine rings is 1. The molecular weight excluding hydrogens is 306 g/mol. The fourth-order valence-corrected chi connectivity index (χ4v) is 4.56. The number of nitrogens with zero attached hydrogens (tertiary/aromatic N) is 2. The molecule has 1 unspecified atom stereocenters. The molecule has 1 N–H and O–H groups in total. The second-order valence-electron chi connectivity index (χ2n) is 7.71. The van der Waals surface area contributed by atoms with Gasteiger partial charge in [-0.15, -0.1) is 0 Å². The van der Waals surface area contributed by atoms with Crippen molar-refractivity contribution in [2.45, 2.75) is 57.4 Å². The Morgan fingerprint density at radius 3 is 2.38 bits per heavy atom. The van der Waals surface area contributed by atoms with Crippen molar-refractivity contribution < 1.29 is 14.4 Å². The highest BCUT2D eigenvalue weighted by Gasteiger charge is 2.56. The smallest absolute Gasteiger partial charge is 0.317 e. The Hall–Kier alpha value is -1.43. The lowest BCUT2D eigenvalue weighted by Crippen LogP contribution is -2.52. The predicted octanol–water partition coefficient (Wildman–Crippen LogP) is 1.79. The Balaban J connectivity index is 1.73. The maximum absolute atomic E-state index is 13.1. The van der Waals surface area contributed by atoms with Gasteiger partial charge in [-0.1, -0.05) is 19.3 Å². The van der Waals surface area contributed by atoms with E-state index in [0.29, 0.717) is 0 Å². The molecule has 3 fully saturated rings. The summed E-state index contributed by atoms with van der Waals surface area (Å²) in [6.07, 6.45) is 6.99. The molecule has 0 radical (unpaired) electrons. The van der Waals surface area contributed by atoms with Crippen molar-refractivity contribution in [2.75, 3.05) is 26.7 Å². The molecule has 0 aromatic rings. The van der Waals surface area contributed by atoms with Crippen LogP contribution in [0.5, 0.6) is 0 Å². The van der Waals surface area contributed by atoms with E-state index in [-0.39, 0.29) is 36.1 Å². The van der Waals surface area contributed by atoms with E-state index in [1.165, 1.54) is 11.3 Å². The van der Waals surface area contributed by atoms with Crippen molar-refractivity contribution in [1.29, 1.82) is 0 Å². The zero-order valence-electron chi connectivity index (χ0n) is 14.8. The normalized spacial score (nSPS) is 30.2. The number of likely N-dealkylation sites (N-methyl/N-ethyl adjacent to an activating group) is 1. The van der Waals surface area contributed by atoms with Crippen LogP contribution in [0.2, 0.25) is 0 Å². The lowest BCUT2D eigenvalue weighted by molar-refractivity contribution is -0.138. The number of urea groups is 1. The van der Waals surface area contributed by atoms with Gasteiger partial charge in [-0.2, -0.15) is 0 Å². The highest BCUT2D eigenvalue weighted by Crippen LogP contribution is 2.41. The average Bonchev–Trinajstić information content (AvgIpc) is 2.79. The van der Waals surface area contributed by atoms with Gasteiger partial charge in [-0.3, -0.25) is 14.5 Å². The third-order valence-electron chi connectivity index (χ3n) is 6.40. The minimum absolute atomic E-state index is 0.0273. The largest absolute Gasteiger partial charge is 0.327 e. The molecule has 3 rings (SSSR count). The zero-order valence-corrected chi connectivity index (χ0v) is 14.8. The van der Waals surface area contributed by atoms with Gasteiger partial charge in [-0.05, 0) is 51.6 Å². The zero-order chi connectivity index (χ0) is 17.3. The molecule has 1 saturated carbocycles. The first-order valence-corrected chi connectivity index (χ1v) is 9.29. The number of carbonyl (C=O) groups is 3. The van der Waals surface area contributed by atoms with Crippen LogP contribution in [0, 0.1) is 11.8 Å². The molecule has 134 valence electrons. The number of hydrogen-bond donors (Lipinski definition) is 1. The summed E-state index contributed by atoms with van der Waals surface area (Å²) in [5, 5.41) is 3.24. The summed E-state index contributed by atoms with van der Waals surface area (Å²) in [6.45, 7) is 3.49. The molecule has 1 atom stereocenters. The Morgan fingerprint density at radius 2 is 1.75 bits per heavy atom. The van der Waals surface area contributed by atoms with E-state index in [1.807, 2.05) is 6.92 Å². The molecule has 1 aliphatic carbocycles. The molecule has 3 aliphatic rings. The summed E-state index contributed by atoms with van der Waals surface area (Å²) >= 11 is 0. The van der Waals surface area contributed by atoms with Crippen molar-refractivity contribution in [1.82, 2.24) is 15.1 Å². The van der Waals surface area contributed by atoms with Crippen LogP contribution >= 0.6 is 0 Å². The summed E-state index contributed by atoms with van der Waals surface area (Å²) in [7, 11) is 1.71. The van der Waals surface area contributed by atoms with Crippen molar-refractivity contribution >= 4 is 17.7 Å². The van der Waals surface area contributed by atoms with E-state index in [0.717, 1.165) is 51.6 Å². The molecule has 24 heavy (non-hydrogen) atoms. The van der Waals surface area contributed by atoms with Crippen LogP contribution in [0.3, 0.4) is 0 Å². The Bertz CT molecular complexity index is 524. The number of nitrogens with one attached hydrogen (secondary N) is 1. The van der Waals surface area contributed by atoms with Gasteiger partial charge < -0.3 is 10.2 Å². The molecule has 2 aliphatic heterocycles. The SMILES string of the molecule is CN1C(=O)N(CC(=O)C2CCNCC2)C(=O)C1(C)C1CCCCC1. The summed E-state index contributed by atoms with van der Waals surface area (Å²) in [5.41, 5.74) is -0.786. The lowest BCUT2D eigenvalue weighted by atomic mass is 9.75. The van der Waals surface area contributed by atoms with Crippen molar-refractivity contribution in [3.63, 3.8) is 0 Å². The van der Waals surface area contributed by atoms with Gasteiger partial charge in [-0.25, -0.2) is 4.79 Å². The number of hydrogen-bond acceptors (Lipinski definition) is 4. The number of imide groups is 1. The van der Waals surface area contributed by atoms with Gasteiger partial charge in [0.25, 0.3) is 5.91 Å². The highest BCUT2D eigenvalue weighted by molar-refractivity contribution is 6.09. The molecule has 0 bridgehead atoms. The number of carbonyl (C=O) groups excluding carboxylic acids is 3. The second kappa shape index (κ2) is 6.82. The quantitative estimate of drug-likeness (QED) is 0.795. The van der Waals surface area contributed by atoms with Crippen LogP contribution in [-0.4, -0.2) is 59.7 Å². The fourth-order valence-electron chi connectivity index (χ4n) is 4.56. The second-order valence-corrected chi connectivity index (χ2v) is 7.71. The average molecular weight is 335 g/mol. The van der Waals surface area contributed by atoms with E-state index in [9.17, 15) is 14.4 Å². The maximum atomic E-state index is 13.1. The minimum Gasteiger partial charge on any atom is -0.317 e. The topological polar surface area (TPSA) is 69.7 Å². The van der Waals surface area contributed by atoms with E-state index < -0.39 is 5.54 Å². The molecule has 0 aromatic carbocycles. The highest BCUT2D eigenvalue weighted by atomic mass is 16.2. The van der Waals surface area contributed by atoms with Crippen molar-refractivity contribution in [3.05, 3.63) is 0 Å². The third-order valence-corrected chi connectivity index (χ3v) is 6.40. The van der Waals surface area contributed by atoms with Gasteiger partial charge in [0, 0.05) is 13.0 Å². The molecule has 0 aromatic heterocycles. The van der Waals surface area contributed by atoms with E-state index in [4.69, 9.17) is 0 Å². The van der Waals surface area contributed by atoms with Gasteiger partial charge in [0.05, 0.1) is 6.54 Å². The molecule has 6 nitrogen and oxygen atoms in total. The first kappa shape index (κ1) is 17.4. The number of ketones is 1. The summed E-state index contributed by atoms with van der Waals surface area (Å²) in [6, 6.07) is -0.310. The van der Waals surface area contributed by atoms with Crippen LogP contribution in [-0.2, 0) is 9.59 Å². The first-order valence-electron chi connectivity index (χ1n) is 9.29. The maximum Gasteiger partial charge on any atom is 0.327 e. The molecule has 0 spiro atoms. The van der Waals surface area contributed by atoms with Crippen LogP contribution in [0.15, 0.2) is 0 Å². The van der Waals surface area contributed by atoms with Crippen LogP contribution < -0.4 is 5.32 Å². The van der Waals surface area contributed by atoms with Gasteiger partial charge in [0.1, 0.15) is 5.54 Å². The molecular formula is C18H29N3O3. The summed E-state index contributed by atoms with van der Waals surface area (Å²) in [5.74, 6) is 0.0223. The standard InChI is InChI=1S/C18H29N3O3/c1-18(14-6-4-3-5-7-14)16(23)21(17(24)20(18)2)12-15(22)13-8-10-19-11-9-13/h13-14,19H,3-12H2,1-2H3. The van der Waals surface area contributed by atoms with E-state index in [2.05, 4.69) is 5.32 Å².